The minimum atomic E-state index is -0.121. The van der Waals surface area contributed by atoms with Gasteiger partial charge in [0.25, 0.3) is 0 Å². The van der Waals surface area contributed by atoms with Gasteiger partial charge in [0.05, 0.1) is 42.6 Å². The lowest BCUT2D eigenvalue weighted by Gasteiger charge is -2.13. The number of aryl methyl sites for hydroxylation is 4. The van der Waals surface area contributed by atoms with Gasteiger partial charge in [-0.25, -0.2) is 20.0 Å². The number of thioether (sulfide) groups is 1. The lowest BCUT2D eigenvalue weighted by Crippen LogP contribution is -2.16. The highest BCUT2D eigenvalue weighted by Crippen LogP contribution is 2.25. The predicted octanol–water partition coefficient (Wildman–Crippen LogP) is 9.31. The van der Waals surface area contributed by atoms with Crippen LogP contribution in [0.3, 0.4) is 0 Å². The van der Waals surface area contributed by atoms with Crippen LogP contribution in [0.25, 0.3) is 0 Å². The van der Waals surface area contributed by atoms with Gasteiger partial charge in [-0.1, -0.05) is 33.6 Å². The maximum absolute atomic E-state index is 12.7. The smallest absolute Gasteiger partial charge is 0.210 e. The number of ketones is 2. The third-order valence-corrected chi connectivity index (χ3v) is 9.35. The zero-order chi connectivity index (χ0) is 36.8. The number of rotatable bonds is 14. The Bertz CT molecular complexity index is 1850. The maximum Gasteiger partial charge on any atom is 0.210 e. The molecule has 0 saturated heterocycles. The fraction of sp³-hybridized carbons (Fsp3) is 0.316. The van der Waals surface area contributed by atoms with E-state index in [4.69, 9.17) is 11.6 Å². The van der Waals surface area contributed by atoms with Crippen molar-refractivity contribution in [1.82, 2.24) is 19.8 Å². The van der Waals surface area contributed by atoms with Crippen LogP contribution >= 0.6 is 39.3 Å². The van der Waals surface area contributed by atoms with Crippen LogP contribution in [0.1, 0.15) is 57.2 Å². The Morgan fingerprint density at radius 3 is 2.18 bits per heavy atom. The van der Waals surface area contributed by atoms with Gasteiger partial charge < -0.3 is 15.1 Å². The minimum absolute atomic E-state index is 0.0779. The first kappa shape index (κ1) is 40.4. The molecule has 1 N–H and O–H groups in total. The number of hydrogen-bond acceptors (Lipinski definition) is 8. The molecule has 50 heavy (non-hydrogen) atoms. The van der Waals surface area contributed by atoms with Crippen LogP contribution in [0, 0.1) is 27.7 Å². The number of hydrogen-bond donors (Lipinski definition) is 1. The molecule has 0 aliphatic heterocycles. The third kappa shape index (κ3) is 12.7. The topological polar surface area (TPSA) is 103 Å². The van der Waals surface area contributed by atoms with Crippen molar-refractivity contribution in [3.8, 4) is 0 Å². The summed E-state index contributed by atoms with van der Waals surface area (Å²) in [4.78, 5) is 47.1. The average molecular weight is 779 g/mol. The molecule has 3 aromatic carbocycles. The quantitative estimate of drug-likeness (QED) is 0.0585. The Labute approximate surface area is 313 Å². The van der Waals surface area contributed by atoms with Crippen LogP contribution in [-0.2, 0) is 0 Å². The number of aliphatic imine (C=N–C) groups is 2. The number of nitrogens with one attached hydrogen (secondary N) is 1. The molecule has 1 heterocycles. The summed E-state index contributed by atoms with van der Waals surface area (Å²) < 4.78 is 1.03. The lowest BCUT2D eigenvalue weighted by molar-refractivity contribution is 0.0998. The van der Waals surface area contributed by atoms with Crippen LogP contribution in [0.2, 0.25) is 5.02 Å². The molecule has 0 atom stereocenters. The van der Waals surface area contributed by atoms with E-state index >= 15 is 0 Å². The van der Waals surface area contributed by atoms with Crippen LogP contribution < -0.4 is 5.32 Å². The van der Waals surface area contributed by atoms with E-state index in [1.54, 1.807) is 18.6 Å². The van der Waals surface area contributed by atoms with Crippen molar-refractivity contribution in [2.45, 2.75) is 46.4 Å². The Hall–Kier alpha value is -4.06. The van der Waals surface area contributed by atoms with Crippen molar-refractivity contribution in [2.24, 2.45) is 9.98 Å². The average Bonchev–Trinajstić information content (AvgIpc) is 3.09. The Morgan fingerprint density at radius 2 is 1.56 bits per heavy atom. The second kappa shape index (κ2) is 20.0. The van der Waals surface area contributed by atoms with Crippen molar-refractivity contribution >= 4 is 80.6 Å². The van der Waals surface area contributed by atoms with Crippen LogP contribution in [0.5, 0.6) is 0 Å². The monoisotopic (exact) mass is 777 g/mol. The normalized spacial score (nSPS) is 11.0. The molecule has 0 saturated carbocycles. The van der Waals surface area contributed by atoms with Crippen LogP contribution in [-0.4, -0.2) is 83.5 Å². The van der Waals surface area contributed by atoms with Gasteiger partial charge >= 0.3 is 0 Å². The summed E-state index contributed by atoms with van der Waals surface area (Å²) in [5.41, 5.74) is 7.00. The number of nitrogens with zero attached hydrogens (tertiary/aromatic N) is 6. The predicted molar refractivity (Wildman–Crippen MR) is 214 cm³/mol. The minimum Gasteiger partial charge on any atom is -0.377 e. The molecule has 0 unspecified atom stereocenters. The fourth-order valence-electron chi connectivity index (χ4n) is 4.31. The second-order valence-corrected chi connectivity index (χ2v) is 14.1. The molecular weight excluding hydrogens is 734 g/mol. The van der Waals surface area contributed by atoms with Crippen molar-refractivity contribution < 1.29 is 9.59 Å². The first-order chi connectivity index (χ1) is 23.8. The summed E-state index contributed by atoms with van der Waals surface area (Å²) in [5, 5.41) is 3.89. The standard InChI is InChI=1S/C21H26BrN3O.C17H19ClN4OS/c1-6-25(5)13-24-20-11-14(2)18(10-16(20)4)21(26)12-23-19-8-7-17(22)9-15(19)3;1-4-22(3)11-20-15-9-19-17(21-12(15)2)16(23)10-24-14-7-5-6-13(18)8-14/h7-11,13,23H,6,12H2,1-5H3;5-9,11H,4,10H2,1-3H3/b24-13-;20-11-. The highest BCUT2D eigenvalue weighted by molar-refractivity contribution is 9.10. The van der Waals surface area contributed by atoms with Gasteiger partial charge in [0.15, 0.2) is 11.6 Å². The maximum atomic E-state index is 12.7. The summed E-state index contributed by atoms with van der Waals surface area (Å²) in [6, 6.07) is 17.3. The molecule has 0 aliphatic carbocycles. The van der Waals surface area contributed by atoms with E-state index in [0.717, 1.165) is 56.1 Å². The zero-order valence-corrected chi connectivity index (χ0v) is 33.1. The lowest BCUT2D eigenvalue weighted by atomic mass is 10.00. The molecule has 4 rings (SSSR count). The van der Waals surface area contributed by atoms with E-state index in [9.17, 15) is 9.59 Å². The van der Waals surface area contributed by atoms with Gasteiger partial charge in [0.2, 0.25) is 5.78 Å². The van der Waals surface area contributed by atoms with Crippen LogP contribution in [0.4, 0.5) is 17.1 Å². The summed E-state index contributed by atoms with van der Waals surface area (Å²) in [6.45, 7) is 13.9. The number of carbonyl (C=O) groups excluding carboxylic acids is 2. The number of aromatic nitrogens is 2. The highest BCUT2D eigenvalue weighted by Gasteiger charge is 2.14. The van der Waals surface area contributed by atoms with E-state index in [2.05, 4.69) is 48.1 Å². The van der Waals surface area contributed by atoms with Gasteiger partial charge in [-0.15, -0.1) is 11.8 Å². The Kier molecular flexibility index (Phi) is 16.1. The van der Waals surface area contributed by atoms with E-state index < -0.39 is 0 Å². The van der Waals surface area contributed by atoms with Crippen LogP contribution in [0.15, 0.2) is 80.1 Å². The van der Waals surface area contributed by atoms with E-state index in [1.165, 1.54) is 11.8 Å². The van der Waals surface area contributed by atoms with Gasteiger partial charge in [-0.2, -0.15) is 0 Å². The molecule has 9 nitrogen and oxygen atoms in total. The van der Waals surface area contributed by atoms with E-state index in [-0.39, 0.29) is 29.7 Å². The second-order valence-electron chi connectivity index (χ2n) is 11.7. The number of benzene rings is 3. The molecule has 0 radical (unpaired) electrons. The van der Waals surface area contributed by atoms with E-state index in [0.29, 0.717) is 16.4 Å². The Morgan fingerprint density at radius 1 is 0.880 bits per heavy atom. The highest BCUT2D eigenvalue weighted by atomic mass is 79.9. The van der Waals surface area contributed by atoms with Gasteiger partial charge in [-0.3, -0.25) is 9.59 Å². The van der Waals surface area contributed by atoms with Gasteiger partial charge in [-0.05, 0) is 107 Å². The van der Waals surface area contributed by atoms with Crippen molar-refractivity contribution in [3.05, 3.63) is 104 Å². The van der Waals surface area contributed by atoms with Crippen molar-refractivity contribution in [3.63, 3.8) is 0 Å². The van der Waals surface area contributed by atoms with Crippen molar-refractivity contribution in [2.75, 3.05) is 44.8 Å². The van der Waals surface area contributed by atoms with Crippen molar-refractivity contribution in [1.29, 1.82) is 0 Å². The fourth-order valence-corrected chi connectivity index (χ4v) is 5.86. The Balaban J connectivity index is 0.000000271. The zero-order valence-electron chi connectivity index (χ0n) is 29.9. The first-order valence-corrected chi connectivity index (χ1v) is 18.3. The summed E-state index contributed by atoms with van der Waals surface area (Å²) in [6.07, 6.45) is 5.13. The molecule has 4 aromatic rings. The molecule has 0 spiro atoms. The largest absolute Gasteiger partial charge is 0.377 e. The summed E-state index contributed by atoms with van der Waals surface area (Å²) >= 11 is 10.8. The van der Waals surface area contributed by atoms with Gasteiger partial charge in [0, 0.05) is 52.8 Å². The third-order valence-electron chi connectivity index (χ3n) is 7.63. The molecule has 264 valence electrons. The van der Waals surface area contributed by atoms with E-state index in [1.807, 2.05) is 113 Å². The summed E-state index contributed by atoms with van der Waals surface area (Å²) in [7, 11) is 3.92. The molecule has 0 fully saturated rings. The molecular formula is C38H45BrClN7O2S. The number of Topliss-reactive ketones (excluding diaryl/α,β-unsaturated/α-hetero) is 2. The summed E-state index contributed by atoms with van der Waals surface area (Å²) in [5.74, 6) is 0.435. The number of halogens is 2. The SMILES string of the molecule is CCN(C)/C=N\c1cc(C)c(C(=O)CNc2ccc(Br)cc2C)cc1C.CCN(C)/C=N\c1cnc(C(=O)CSc2cccc(Cl)c2)nc1C. The molecule has 1 aromatic heterocycles. The number of anilines is 1. The molecule has 0 bridgehead atoms. The van der Waals surface area contributed by atoms with Gasteiger partial charge in [0.1, 0.15) is 5.69 Å². The molecule has 0 amide bonds. The number of carbonyl (C=O) groups is 2. The molecule has 0 aliphatic rings. The first-order valence-electron chi connectivity index (χ1n) is 16.2. The molecule has 12 heteroatoms.